The quantitative estimate of drug-likeness (QED) is 0.672. The molecule has 0 bridgehead atoms. The predicted molar refractivity (Wildman–Crippen MR) is 103 cm³/mol. The number of amides is 1. The molecule has 0 aliphatic rings. The van der Waals surface area contributed by atoms with Crippen LogP contribution in [0.25, 0.3) is 0 Å². The Labute approximate surface area is 150 Å². The largest absolute Gasteiger partial charge is 0.379 e. The zero-order valence-corrected chi connectivity index (χ0v) is 15.2. The van der Waals surface area contributed by atoms with E-state index in [1.54, 1.807) is 0 Å². The fraction of sp³-hybridized carbons (Fsp3) is 0.381. The molecule has 0 heterocycles. The highest BCUT2D eigenvalue weighted by molar-refractivity contribution is 5.81. The van der Waals surface area contributed by atoms with Crippen molar-refractivity contribution in [1.29, 1.82) is 0 Å². The molecule has 25 heavy (non-hydrogen) atoms. The Balaban J connectivity index is 1.89. The van der Waals surface area contributed by atoms with Crippen LogP contribution in [0.3, 0.4) is 0 Å². The van der Waals surface area contributed by atoms with E-state index in [0.29, 0.717) is 26.2 Å². The molecule has 0 radical (unpaired) electrons. The van der Waals surface area contributed by atoms with E-state index in [2.05, 4.69) is 22.3 Å². The van der Waals surface area contributed by atoms with Crippen molar-refractivity contribution in [2.45, 2.75) is 32.9 Å². The van der Waals surface area contributed by atoms with E-state index in [1.807, 2.05) is 62.4 Å². The molecule has 0 saturated heterocycles. The number of nitrogens with one attached hydrogen (secondary N) is 1. The lowest BCUT2D eigenvalue weighted by atomic mass is 10.2. The summed E-state index contributed by atoms with van der Waals surface area (Å²) in [5, 5.41) is 2.98. The van der Waals surface area contributed by atoms with Crippen LogP contribution >= 0.6 is 0 Å². The molecular formula is C21H28N2O2. The average molecular weight is 340 g/mol. The number of ether oxygens (including phenoxy) is 1. The van der Waals surface area contributed by atoms with Crippen LogP contribution in [0.2, 0.25) is 0 Å². The molecule has 0 aromatic heterocycles. The lowest BCUT2D eigenvalue weighted by Crippen LogP contribution is -2.37. The first kappa shape index (κ1) is 19.0. The number of carbonyl (C=O) groups excluding carboxylic acids is 1. The van der Waals surface area contributed by atoms with E-state index in [4.69, 9.17) is 4.74 Å². The normalized spacial score (nSPS) is 10.7. The summed E-state index contributed by atoms with van der Waals surface area (Å²) >= 11 is 0. The Kier molecular flexibility index (Phi) is 7.99. The van der Waals surface area contributed by atoms with E-state index in [0.717, 1.165) is 12.1 Å². The number of anilines is 1. The zero-order valence-electron chi connectivity index (χ0n) is 15.2. The van der Waals surface area contributed by atoms with Crippen LogP contribution in [0.1, 0.15) is 25.8 Å². The Bertz CT molecular complexity index is 614. The molecule has 0 aliphatic carbocycles. The number of benzene rings is 2. The fourth-order valence-corrected chi connectivity index (χ4v) is 2.53. The molecule has 0 atom stereocenters. The average Bonchev–Trinajstić information content (AvgIpc) is 2.62. The second-order valence-electron chi connectivity index (χ2n) is 6.30. The van der Waals surface area contributed by atoms with E-state index in [-0.39, 0.29) is 12.0 Å². The molecule has 0 spiro atoms. The van der Waals surface area contributed by atoms with Gasteiger partial charge in [0.1, 0.15) is 0 Å². The van der Waals surface area contributed by atoms with E-state index >= 15 is 0 Å². The van der Waals surface area contributed by atoms with Gasteiger partial charge in [-0.1, -0.05) is 48.5 Å². The summed E-state index contributed by atoms with van der Waals surface area (Å²) < 4.78 is 5.49. The summed E-state index contributed by atoms with van der Waals surface area (Å²) in [6, 6.07) is 20.2. The SMILES string of the molecule is CC(C)OCCCNC(=O)CN(Cc1ccccc1)c1ccccc1. The molecular weight excluding hydrogens is 312 g/mol. The second-order valence-corrected chi connectivity index (χ2v) is 6.30. The van der Waals surface area contributed by atoms with Gasteiger partial charge in [0.25, 0.3) is 0 Å². The molecule has 2 aromatic carbocycles. The fourth-order valence-electron chi connectivity index (χ4n) is 2.53. The van der Waals surface area contributed by atoms with Crippen molar-refractivity contribution in [3.05, 3.63) is 66.2 Å². The zero-order chi connectivity index (χ0) is 17.9. The molecule has 1 amide bonds. The third-order valence-electron chi connectivity index (χ3n) is 3.77. The van der Waals surface area contributed by atoms with Crippen molar-refractivity contribution in [2.24, 2.45) is 0 Å². The summed E-state index contributed by atoms with van der Waals surface area (Å²) in [7, 11) is 0. The number of hydrogen-bond acceptors (Lipinski definition) is 3. The number of hydrogen-bond donors (Lipinski definition) is 1. The monoisotopic (exact) mass is 340 g/mol. The first-order valence-electron chi connectivity index (χ1n) is 8.87. The van der Waals surface area contributed by atoms with Gasteiger partial charge in [0.15, 0.2) is 0 Å². The van der Waals surface area contributed by atoms with Gasteiger partial charge < -0.3 is 15.0 Å². The van der Waals surface area contributed by atoms with Gasteiger partial charge >= 0.3 is 0 Å². The van der Waals surface area contributed by atoms with E-state index in [1.165, 1.54) is 5.56 Å². The van der Waals surface area contributed by atoms with Gasteiger partial charge in [0.05, 0.1) is 12.6 Å². The minimum atomic E-state index is 0.0318. The highest BCUT2D eigenvalue weighted by Crippen LogP contribution is 2.16. The van der Waals surface area contributed by atoms with Gasteiger partial charge in [-0.3, -0.25) is 4.79 Å². The summed E-state index contributed by atoms with van der Waals surface area (Å²) in [6.07, 6.45) is 1.06. The van der Waals surface area contributed by atoms with Crippen molar-refractivity contribution in [3.63, 3.8) is 0 Å². The molecule has 0 aliphatic heterocycles. The Morgan fingerprint density at radius 3 is 2.32 bits per heavy atom. The van der Waals surface area contributed by atoms with Crippen molar-refractivity contribution in [1.82, 2.24) is 5.32 Å². The van der Waals surface area contributed by atoms with Crippen LogP contribution in [-0.4, -0.2) is 31.7 Å². The summed E-state index contributed by atoms with van der Waals surface area (Å²) in [4.78, 5) is 14.4. The van der Waals surface area contributed by atoms with Crippen LogP contribution in [0.15, 0.2) is 60.7 Å². The molecule has 2 aromatic rings. The topological polar surface area (TPSA) is 41.6 Å². The summed E-state index contributed by atoms with van der Waals surface area (Å²) in [5.41, 5.74) is 2.23. The van der Waals surface area contributed by atoms with E-state index in [9.17, 15) is 4.79 Å². The molecule has 1 N–H and O–H groups in total. The Hall–Kier alpha value is -2.33. The van der Waals surface area contributed by atoms with Gasteiger partial charge in [-0.2, -0.15) is 0 Å². The van der Waals surface area contributed by atoms with Gasteiger partial charge in [0, 0.05) is 25.4 Å². The third kappa shape index (κ3) is 7.40. The maximum absolute atomic E-state index is 12.3. The van der Waals surface area contributed by atoms with Crippen LogP contribution in [0, 0.1) is 0 Å². The highest BCUT2D eigenvalue weighted by Gasteiger charge is 2.12. The highest BCUT2D eigenvalue weighted by atomic mass is 16.5. The van der Waals surface area contributed by atoms with Crippen LogP contribution in [-0.2, 0) is 16.1 Å². The standard InChI is InChI=1S/C21H28N2O2/c1-18(2)25-15-9-14-22-21(24)17-23(20-12-7-4-8-13-20)16-19-10-5-3-6-11-19/h3-8,10-13,18H,9,14-17H2,1-2H3,(H,22,24). The van der Waals surface area contributed by atoms with Gasteiger partial charge in [-0.15, -0.1) is 0 Å². The first-order chi connectivity index (χ1) is 12.1. The molecule has 2 rings (SSSR count). The van der Waals surface area contributed by atoms with Crippen LogP contribution < -0.4 is 10.2 Å². The van der Waals surface area contributed by atoms with Crippen LogP contribution in [0.5, 0.6) is 0 Å². The molecule has 0 saturated carbocycles. The Morgan fingerprint density at radius 2 is 1.68 bits per heavy atom. The molecule has 4 heteroatoms. The van der Waals surface area contributed by atoms with Gasteiger partial charge in [-0.05, 0) is 38.0 Å². The molecule has 134 valence electrons. The second kappa shape index (κ2) is 10.5. The lowest BCUT2D eigenvalue weighted by Gasteiger charge is -2.24. The molecule has 0 unspecified atom stereocenters. The number of para-hydroxylation sites is 1. The molecule has 0 fully saturated rings. The smallest absolute Gasteiger partial charge is 0.239 e. The third-order valence-corrected chi connectivity index (χ3v) is 3.77. The Morgan fingerprint density at radius 1 is 1.04 bits per heavy atom. The number of nitrogens with zero attached hydrogens (tertiary/aromatic N) is 1. The van der Waals surface area contributed by atoms with E-state index < -0.39 is 0 Å². The minimum Gasteiger partial charge on any atom is -0.379 e. The lowest BCUT2D eigenvalue weighted by molar-refractivity contribution is -0.119. The number of rotatable bonds is 10. The maximum atomic E-state index is 12.3. The maximum Gasteiger partial charge on any atom is 0.239 e. The predicted octanol–water partition coefficient (Wildman–Crippen LogP) is 3.62. The van der Waals surface area contributed by atoms with Crippen LogP contribution in [0.4, 0.5) is 5.69 Å². The minimum absolute atomic E-state index is 0.0318. The number of carbonyl (C=O) groups is 1. The van der Waals surface area contributed by atoms with Crippen molar-refractivity contribution < 1.29 is 9.53 Å². The van der Waals surface area contributed by atoms with Crippen molar-refractivity contribution >= 4 is 11.6 Å². The first-order valence-corrected chi connectivity index (χ1v) is 8.87. The van der Waals surface area contributed by atoms with Gasteiger partial charge in [0.2, 0.25) is 5.91 Å². The van der Waals surface area contributed by atoms with Crippen molar-refractivity contribution in [3.8, 4) is 0 Å². The van der Waals surface area contributed by atoms with Crippen molar-refractivity contribution in [2.75, 3.05) is 24.6 Å². The molecule has 4 nitrogen and oxygen atoms in total. The summed E-state index contributed by atoms with van der Waals surface area (Å²) in [6.45, 7) is 6.38. The summed E-state index contributed by atoms with van der Waals surface area (Å²) in [5.74, 6) is 0.0318. The van der Waals surface area contributed by atoms with Gasteiger partial charge in [-0.25, -0.2) is 0 Å².